The Bertz CT molecular complexity index is 124. The summed E-state index contributed by atoms with van der Waals surface area (Å²) in [5, 5.41) is 0. The van der Waals surface area contributed by atoms with Gasteiger partial charge in [-0.15, -0.1) is 0 Å². The highest BCUT2D eigenvalue weighted by molar-refractivity contribution is 6.18. The molecular formula is C11H28Al2O3. The van der Waals surface area contributed by atoms with E-state index >= 15 is 0 Å². The first-order chi connectivity index (χ1) is 7.47. The van der Waals surface area contributed by atoms with Crippen LogP contribution in [0, 0.1) is 0 Å². The summed E-state index contributed by atoms with van der Waals surface area (Å²) >= 11 is 0.168. The van der Waals surface area contributed by atoms with Crippen molar-refractivity contribution < 1.29 is 11.4 Å². The van der Waals surface area contributed by atoms with Crippen LogP contribution in [-0.2, 0) is 11.4 Å². The molecule has 0 aliphatic rings. The van der Waals surface area contributed by atoms with Gasteiger partial charge in [0.15, 0.2) is 0 Å². The fourth-order valence-corrected chi connectivity index (χ4v) is 1.52. The first kappa shape index (κ1) is 19.3. The molecule has 2 unspecified atom stereocenters. The van der Waals surface area contributed by atoms with Crippen molar-refractivity contribution in [2.45, 2.75) is 72.7 Å². The molecule has 96 valence electrons. The molecule has 0 spiro atoms. The summed E-state index contributed by atoms with van der Waals surface area (Å²) in [7, 11) is 0. The van der Waals surface area contributed by atoms with Crippen molar-refractivity contribution in [3.8, 4) is 0 Å². The van der Waals surface area contributed by atoms with E-state index < -0.39 is 15.9 Å². The van der Waals surface area contributed by atoms with Crippen molar-refractivity contribution >= 4 is 32.5 Å². The third-order valence-electron chi connectivity index (χ3n) is 2.33. The largest absolute Gasteiger partial charge is 0.650 e. The molecule has 0 aliphatic heterocycles. The molecule has 0 heterocycles. The van der Waals surface area contributed by atoms with Crippen LogP contribution in [0.3, 0.4) is 0 Å². The molecule has 0 bridgehead atoms. The maximum Gasteiger partial charge on any atom is 0.650 e. The van der Waals surface area contributed by atoms with Gasteiger partial charge in [0, 0.05) is 18.3 Å². The zero-order chi connectivity index (χ0) is 13.0. The van der Waals surface area contributed by atoms with Crippen LogP contribution in [0.1, 0.15) is 54.4 Å². The molecule has 0 aliphatic carbocycles. The van der Waals surface area contributed by atoms with Gasteiger partial charge in [0.25, 0.3) is 0 Å². The standard InChI is InChI=1S/2C4H9O.C3H7O.2Al.3H/c2*1-3-4(2)5;1-3(2)4;;;;;/h2*4H,3H2,1-2H3;3H,1-2H3;;;;;/q3*-1;+1;+2;;;. The fraction of sp³-hybridized carbons (Fsp3) is 1.00. The van der Waals surface area contributed by atoms with Gasteiger partial charge in [0.2, 0.25) is 0 Å². The predicted octanol–water partition coefficient (Wildman–Crippen LogP) is 1.84. The first-order valence-corrected chi connectivity index (χ1v) is 8.20. The second-order valence-corrected chi connectivity index (χ2v) is 5.55. The van der Waals surface area contributed by atoms with Gasteiger partial charge in [-0.25, -0.2) is 0 Å². The summed E-state index contributed by atoms with van der Waals surface area (Å²) in [5.41, 5.74) is 0. The van der Waals surface area contributed by atoms with Crippen LogP contribution in [-0.4, -0.2) is 50.8 Å². The van der Waals surface area contributed by atoms with Crippen molar-refractivity contribution in [3.63, 3.8) is 0 Å². The Hall–Kier alpha value is 0.945. The molecule has 0 aromatic carbocycles. The van der Waals surface area contributed by atoms with E-state index in [0.29, 0.717) is 18.3 Å². The third-order valence-corrected chi connectivity index (χ3v) is 4.68. The lowest BCUT2D eigenvalue weighted by Crippen LogP contribution is -2.17. The molecule has 0 radical (unpaired) electrons. The van der Waals surface area contributed by atoms with E-state index in [9.17, 15) is 0 Å². The summed E-state index contributed by atoms with van der Waals surface area (Å²) in [6.07, 6.45) is 3.37. The highest BCUT2D eigenvalue weighted by Crippen LogP contribution is 1.98. The molecule has 5 heteroatoms. The molecule has 16 heavy (non-hydrogen) atoms. The molecule has 0 fully saturated rings. The predicted molar refractivity (Wildman–Crippen MR) is 73.6 cm³/mol. The minimum atomic E-state index is -0.706. The summed E-state index contributed by atoms with van der Waals surface area (Å²) in [4.78, 5) is 0. The van der Waals surface area contributed by atoms with Crippen LogP contribution in [0.5, 0.6) is 0 Å². The molecule has 0 saturated carbocycles. The molecule has 0 aromatic rings. The van der Waals surface area contributed by atoms with E-state index in [2.05, 4.69) is 27.7 Å². The van der Waals surface area contributed by atoms with Crippen LogP contribution in [0.2, 0.25) is 0 Å². The molecule has 0 N–H and O–H groups in total. The van der Waals surface area contributed by atoms with Crippen molar-refractivity contribution in [1.29, 1.82) is 0 Å². The Balaban J connectivity index is 0. The summed E-state index contributed by atoms with van der Waals surface area (Å²) in [5.74, 6) is 0. The minimum absolute atomic E-state index is 0.380. The normalized spacial score (nSPS) is 13.9. The molecule has 0 aromatic heterocycles. The maximum absolute atomic E-state index is 5.48. The Labute approximate surface area is 116 Å². The number of rotatable bonds is 7. The minimum Gasteiger partial charge on any atom is -0.504 e. The average molecular weight is 262 g/mol. The van der Waals surface area contributed by atoms with E-state index in [1.807, 2.05) is 13.8 Å². The van der Waals surface area contributed by atoms with Crippen LogP contribution < -0.4 is 0 Å². The zero-order valence-corrected chi connectivity index (χ0v) is 15.5. The highest BCUT2D eigenvalue weighted by Gasteiger charge is 2.05. The van der Waals surface area contributed by atoms with Gasteiger partial charge in [-0.05, 0) is 40.5 Å². The SMILES string of the molecule is CC(C)[O][AlH2].CCC(C)[O][AlH][O]C(C)CC. The maximum atomic E-state index is 5.48. The van der Waals surface area contributed by atoms with E-state index in [1.165, 1.54) is 0 Å². The topological polar surface area (TPSA) is 27.7 Å². The van der Waals surface area contributed by atoms with Gasteiger partial charge in [0.1, 0.15) is 0 Å². The van der Waals surface area contributed by atoms with Gasteiger partial charge < -0.3 is 11.4 Å². The highest BCUT2D eigenvalue weighted by atomic mass is 27.2. The molecule has 0 saturated heterocycles. The molecule has 0 rings (SSSR count). The van der Waals surface area contributed by atoms with Crippen LogP contribution in [0.15, 0.2) is 0 Å². The van der Waals surface area contributed by atoms with E-state index in [0.717, 1.165) is 29.5 Å². The van der Waals surface area contributed by atoms with Crippen molar-refractivity contribution in [3.05, 3.63) is 0 Å². The van der Waals surface area contributed by atoms with Gasteiger partial charge in [-0.3, -0.25) is 0 Å². The first-order valence-electron chi connectivity index (χ1n) is 6.23. The van der Waals surface area contributed by atoms with Crippen molar-refractivity contribution in [2.75, 3.05) is 0 Å². The lowest BCUT2D eigenvalue weighted by Gasteiger charge is -2.13. The monoisotopic (exact) mass is 262 g/mol. The number of hydrogen-bond acceptors (Lipinski definition) is 3. The Kier molecular flexibility index (Phi) is 16.9. The molecule has 0 amide bonds. The second kappa shape index (κ2) is 14.0. The second-order valence-electron chi connectivity index (χ2n) is 4.17. The Morgan fingerprint density at radius 2 is 1.25 bits per heavy atom. The molecule has 2 atom stereocenters. The summed E-state index contributed by atoms with van der Waals surface area (Å²) in [6, 6.07) is 0. The smallest absolute Gasteiger partial charge is 0.504 e. The lowest BCUT2D eigenvalue weighted by atomic mass is 10.3. The van der Waals surface area contributed by atoms with Crippen molar-refractivity contribution in [2.24, 2.45) is 0 Å². The van der Waals surface area contributed by atoms with Gasteiger partial charge in [0.05, 0.1) is 0 Å². The van der Waals surface area contributed by atoms with Gasteiger partial charge in [-0.2, -0.15) is 0 Å². The zero-order valence-electron chi connectivity index (χ0n) is 12.1. The van der Waals surface area contributed by atoms with Crippen LogP contribution in [0.4, 0.5) is 0 Å². The fourth-order valence-electron chi connectivity index (χ4n) is 0.507. The van der Waals surface area contributed by atoms with Gasteiger partial charge in [-0.1, -0.05) is 13.8 Å². The van der Waals surface area contributed by atoms with Crippen molar-refractivity contribution in [1.82, 2.24) is 0 Å². The van der Waals surface area contributed by atoms with Crippen LogP contribution in [0.25, 0.3) is 0 Å². The Morgan fingerprint density at radius 1 is 0.938 bits per heavy atom. The Morgan fingerprint density at radius 3 is 1.44 bits per heavy atom. The van der Waals surface area contributed by atoms with E-state index in [1.54, 1.807) is 0 Å². The molecular weight excluding hydrogens is 234 g/mol. The van der Waals surface area contributed by atoms with Crippen LogP contribution >= 0.6 is 0 Å². The van der Waals surface area contributed by atoms with Gasteiger partial charge >= 0.3 is 32.5 Å². The molecule has 3 nitrogen and oxygen atoms in total. The average Bonchev–Trinajstić information content (AvgIpc) is 2.29. The quantitative estimate of drug-likeness (QED) is 0.655. The summed E-state index contributed by atoms with van der Waals surface area (Å²) in [6.45, 7) is 12.5. The third kappa shape index (κ3) is 17.3. The number of hydrogen-bond donors (Lipinski definition) is 0. The summed E-state index contributed by atoms with van der Waals surface area (Å²) < 4.78 is 15.8. The lowest BCUT2D eigenvalue weighted by molar-refractivity contribution is 0.131. The van der Waals surface area contributed by atoms with E-state index in [-0.39, 0.29) is 0 Å². The van der Waals surface area contributed by atoms with E-state index in [4.69, 9.17) is 11.4 Å².